The highest BCUT2D eigenvalue weighted by atomic mass is 32.2. The average molecular weight is 375 g/mol. The molecule has 0 radical (unpaired) electrons. The Morgan fingerprint density at radius 2 is 1.81 bits per heavy atom. The minimum atomic E-state index is -3.69. The lowest BCUT2D eigenvalue weighted by molar-refractivity contribution is 0.0793. The van der Waals surface area contributed by atoms with Crippen LogP contribution in [0.3, 0.4) is 0 Å². The Kier molecular flexibility index (Phi) is 6.94. The van der Waals surface area contributed by atoms with Gasteiger partial charge in [-0.3, -0.25) is 4.79 Å². The summed E-state index contributed by atoms with van der Waals surface area (Å²) < 4.78 is 27.7. The molecular formula is C20H26N2O3S. The van der Waals surface area contributed by atoms with Crippen LogP contribution in [0.1, 0.15) is 41.3 Å². The molecule has 0 heterocycles. The monoisotopic (exact) mass is 374 g/mol. The predicted molar refractivity (Wildman–Crippen MR) is 104 cm³/mol. The highest BCUT2D eigenvalue weighted by molar-refractivity contribution is 7.89. The molecule has 0 aliphatic carbocycles. The fourth-order valence-electron chi connectivity index (χ4n) is 2.48. The SMILES string of the molecule is CCCCN(C)C(=O)c1cccc(S(=O)(=O)NCc2ccc(C)cc2)c1. The van der Waals surface area contributed by atoms with Crippen molar-refractivity contribution in [3.05, 3.63) is 65.2 Å². The summed E-state index contributed by atoms with van der Waals surface area (Å²) in [7, 11) is -1.96. The molecule has 5 nitrogen and oxygen atoms in total. The fraction of sp³-hybridized carbons (Fsp3) is 0.350. The van der Waals surface area contributed by atoms with Crippen molar-refractivity contribution in [1.82, 2.24) is 9.62 Å². The molecule has 6 heteroatoms. The Balaban J connectivity index is 2.11. The molecule has 2 aromatic rings. The van der Waals surface area contributed by atoms with Crippen molar-refractivity contribution in [3.8, 4) is 0 Å². The van der Waals surface area contributed by atoms with Crippen LogP contribution in [0, 0.1) is 6.92 Å². The van der Waals surface area contributed by atoms with Gasteiger partial charge in [0.2, 0.25) is 10.0 Å². The molecule has 0 aliphatic rings. The normalized spacial score (nSPS) is 11.3. The molecule has 26 heavy (non-hydrogen) atoms. The van der Waals surface area contributed by atoms with Crippen molar-refractivity contribution < 1.29 is 13.2 Å². The molecule has 0 fully saturated rings. The molecule has 2 aromatic carbocycles. The zero-order valence-electron chi connectivity index (χ0n) is 15.5. The third-order valence-corrected chi connectivity index (χ3v) is 5.57. The summed E-state index contributed by atoms with van der Waals surface area (Å²) >= 11 is 0. The van der Waals surface area contributed by atoms with E-state index in [4.69, 9.17) is 0 Å². The Hall–Kier alpha value is -2.18. The zero-order valence-corrected chi connectivity index (χ0v) is 16.3. The number of carbonyl (C=O) groups is 1. The van der Waals surface area contributed by atoms with Gasteiger partial charge in [-0.2, -0.15) is 0 Å². The number of amides is 1. The standard InChI is InChI=1S/C20H26N2O3S/c1-4-5-13-22(3)20(23)18-7-6-8-19(14-18)26(24,25)21-15-17-11-9-16(2)10-12-17/h6-12,14,21H,4-5,13,15H2,1-3H3. The fourth-order valence-corrected chi connectivity index (χ4v) is 3.54. The second-order valence-electron chi connectivity index (χ2n) is 6.42. The Morgan fingerprint density at radius 3 is 2.46 bits per heavy atom. The molecule has 0 atom stereocenters. The first kappa shape index (κ1) is 20.1. The van der Waals surface area contributed by atoms with Crippen LogP contribution in [0.4, 0.5) is 0 Å². The minimum Gasteiger partial charge on any atom is -0.342 e. The first-order valence-corrected chi connectivity index (χ1v) is 10.2. The van der Waals surface area contributed by atoms with Gasteiger partial charge in [-0.25, -0.2) is 13.1 Å². The van der Waals surface area contributed by atoms with Gasteiger partial charge in [0.25, 0.3) is 5.91 Å². The lowest BCUT2D eigenvalue weighted by Crippen LogP contribution is -2.28. The van der Waals surface area contributed by atoms with Crippen LogP contribution in [-0.2, 0) is 16.6 Å². The third-order valence-electron chi connectivity index (χ3n) is 4.17. The molecular weight excluding hydrogens is 348 g/mol. The van der Waals surface area contributed by atoms with E-state index in [-0.39, 0.29) is 17.3 Å². The summed E-state index contributed by atoms with van der Waals surface area (Å²) in [5, 5.41) is 0. The highest BCUT2D eigenvalue weighted by Crippen LogP contribution is 2.14. The van der Waals surface area contributed by atoms with Gasteiger partial charge < -0.3 is 4.90 Å². The molecule has 0 bridgehead atoms. The maximum Gasteiger partial charge on any atom is 0.253 e. The minimum absolute atomic E-state index is 0.0966. The molecule has 0 saturated carbocycles. The predicted octanol–water partition coefficient (Wildman–Crippen LogP) is 3.35. The number of hydrogen-bond acceptors (Lipinski definition) is 3. The van der Waals surface area contributed by atoms with E-state index in [1.165, 1.54) is 12.1 Å². The topological polar surface area (TPSA) is 66.5 Å². The summed E-state index contributed by atoms with van der Waals surface area (Å²) in [4.78, 5) is 14.2. The number of nitrogens with zero attached hydrogens (tertiary/aromatic N) is 1. The number of unbranched alkanes of at least 4 members (excludes halogenated alkanes) is 1. The van der Waals surface area contributed by atoms with E-state index in [1.54, 1.807) is 24.1 Å². The lowest BCUT2D eigenvalue weighted by atomic mass is 10.2. The summed E-state index contributed by atoms with van der Waals surface area (Å²) in [5.74, 6) is -0.172. The maximum absolute atomic E-state index is 12.6. The first-order valence-electron chi connectivity index (χ1n) is 8.74. The number of rotatable bonds is 8. The summed E-state index contributed by atoms with van der Waals surface area (Å²) in [6, 6.07) is 13.8. The van der Waals surface area contributed by atoms with E-state index in [0.717, 1.165) is 24.0 Å². The zero-order chi connectivity index (χ0) is 19.2. The van der Waals surface area contributed by atoms with E-state index in [0.29, 0.717) is 12.1 Å². The van der Waals surface area contributed by atoms with Gasteiger partial charge in [0, 0.05) is 25.7 Å². The smallest absolute Gasteiger partial charge is 0.253 e. The summed E-state index contributed by atoms with van der Waals surface area (Å²) in [6.45, 7) is 4.90. The van der Waals surface area contributed by atoms with Crippen molar-refractivity contribution in [2.24, 2.45) is 0 Å². The van der Waals surface area contributed by atoms with Gasteiger partial charge in [-0.15, -0.1) is 0 Å². The summed E-state index contributed by atoms with van der Waals surface area (Å²) in [5.41, 5.74) is 2.38. The second-order valence-corrected chi connectivity index (χ2v) is 8.19. The van der Waals surface area contributed by atoms with Gasteiger partial charge in [0.15, 0.2) is 0 Å². The third kappa shape index (κ3) is 5.41. The van der Waals surface area contributed by atoms with Gasteiger partial charge in [-0.1, -0.05) is 49.2 Å². The van der Waals surface area contributed by atoms with Crippen molar-refractivity contribution in [3.63, 3.8) is 0 Å². The molecule has 0 spiro atoms. The first-order chi connectivity index (χ1) is 12.3. The Morgan fingerprint density at radius 1 is 1.12 bits per heavy atom. The average Bonchev–Trinajstić information content (AvgIpc) is 2.65. The van der Waals surface area contributed by atoms with Crippen molar-refractivity contribution in [1.29, 1.82) is 0 Å². The molecule has 0 aromatic heterocycles. The van der Waals surface area contributed by atoms with Crippen molar-refractivity contribution in [2.75, 3.05) is 13.6 Å². The van der Waals surface area contributed by atoms with E-state index in [9.17, 15) is 13.2 Å². The Bertz CT molecular complexity index is 846. The lowest BCUT2D eigenvalue weighted by Gasteiger charge is -2.17. The van der Waals surface area contributed by atoms with Crippen molar-refractivity contribution in [2.45, 2.75) is 38.1 Å². The van der Waals surface area contributed by atoms with E-state index < -0.39 is 10.0 Å². The van der Waals surface area contributed by atoms with Crippen LogP contribution in [0.25, 0.3) is 0 Å². The van der Waals surface area contributed by atoms with Crippen LogP contribution >= 0.6 is 0 Å². The molecule has 0 saturated heterocycles. The van der Waals surface area contributed by atoms with Crippen LogP contribution < -0.4 is 4.72 Å². The largest absolute Gasteiger partial charge is 0.342 e. The van der Waals surface area contributed by atoms with E-state index in [1.807, 2.05) is 31.2 Å². The van der Waals surface area contributed by atoms with Gasteiger partial charge in [0.1, 0.15) is 0 Å². The number of nitrogens with one attached hydrogen (secondary N) is 1. The van der Waals surface area contributed by atoms with Gasteiger partial charge >= 0.3 is 0 Å². The molecule has 1 amide bonds. The van der Waals surface area contributed by atoms with Crippen LogP contribution in [0.2, 0.25) is 0 Å². The van der Waals surface area contributed by atoms with Gasteiger partial charge in [0.05, 0.1) is 4.90 Å². The number of benzene rings is 2. The number of hydrogen-bond donors (Lipinski definition) is 1. The number of aryl methyl sites for hydroxylation is 1. The van der Waals surface area contributed by atoms with Crippen molar-refractivity contribution >= 4 is 15.9 Å². The molecule has 140 valence electrons. The van der Waals surface area contributed by atoms with Crippen LogP contribution in [-0.4, -0.2) is 32.8 Å². The maximum atomic E-state index is 12.6. The quantitative estimate of drug-likeness (QED) is 0.771. The van der Waals surface area contributed by atoms with Crippen LogP contribution in [0.15, 0.2) is 53.4 Å². The second kappa shape index (κ2) is 8.96. The number of carbonyl (C=O) groups excluding carboxylic acids is 1. The van der Waals surface area contributed by atoms with E-state index in [2.05, 4.69) is 11.6 Å². The van der Waals surface area contributed by atoms with Crippen LogP contribution in [0.5, 0.6) is 0 Å². The molecule has 0 aliphatic heterocycles. The summed E-state index contributed by atoms with van der Waals surface area (Å²) in [6.07, 6.45) is 1.91. The Labute approximate surface area is 156 Å². The molecule has 2 rings (SSSR count). The van der Waals surface area contributed by atoms with Gasteiger partial charge in [-0.05, 0) is 37.1 Å². The van der Waals surface area contributed by atoms with E-state index >= 15 is 0 Å². The highest BCUT2D eigenvalue weighted by Gasteiger charge is 2.17. The molecule has 0 unspecified atom stereocenters. The molecule has 1 N–H and O–H groups in total. The number of sulfonamides is 1.